The van der Waals surface area contributed by atoms with E-state index in [1.165, 1.54) is 12.3 Å². The highest BCUT2D eigenvalue weighted by Gasteiger charge is 2.52. The Kier molecular flexibility index (Phi) is 6.34. The Hall–Kier alpha value is -2.39. The number of aromatic nitrogens is 3. The zero-order valence-corrected chi connectivity index (χ0v) is 21.8. The molecular weight excluding hydrogens is 495 g/mol. The third kappa shape index (κ3) is 4.28. The molecule has 2 aliphatic carbocycles. The highest BCUT2D eigenvalue weighted by atomic mass is 35.5. The van der Waals surface area contributed by atoms with Crippen LogP contribution < -0.4 is 5.32 Å². The van der Waals surface area contributed by atoms with E-state index < -0.39 is 17.5 Å². The smallest absolute Gasteiger partial charge is 0.223 e. The molecule has 0 spiro atoms. The van der Waals surface area contributed by atoms with Crippen molar-refractivity contribution in [2.45, 2.75) is 69.6 Å². The van der Waals surface area contributed by atoms with Gasteiger partial charge in [0, 0.05) is 29.3 Å². The minimum absolute atomic E-state index is 0.0476. The van der Waals surface area contributed by atoms with Gasteiger partial charge in [-0.25, -0.2) is 14.4 Å². The van der Waals surface area contributed by atoms with E-state index in [0.717, 1.165) is 36.8 Å². The van der Waals surface area contributed by atoms with Gasteiger partial charge in [0.15, 0.2) is 0 Å². The number of aliphatic hydroxyl groups excluding tert-OH is 1. The number of hydrogen-bond donors (Lipinski definition) is 3. The van der Waals surface area contributed by atoms with Gasteiger partial charge < -0.3 is 20.3 Å². The average Bonchev–Trinajstić information content (AvgIpc) is 3.47. The van der Waals surface area contributed by atoms with Crippen LogP contribution in [-0.4, -0.2) is 50.5 Å². The van der Waals surface area contributed by atoms with Gasteiger partial charge in [-0.2, -0.15) is 0 Å². The molecule has 3 fully saturated rings. The Bertz CT molecular complexity index is 1350. The van der Waals surface area contributed by atoms with Crippen LogP contribution in [0.2, 0.25) is 5.02 Å². The Morgan fingerprint density at radius 2 is 2.03 bits per heavy atom. The van der Waals surface area contributed by atoms with Crippen LogP contribution in [0.1, 0.15) is 63.0 Å². The number of aliphatic hydroxyl groups is 2. The Morgan fingerprint density at radius 3 is 2.73 bits per heavy atom. The van der Waals surface area contributed by atoms with E-state index in [2.05, 4.69) is 34.1 Å². The van der Waals surface area contributed by atoms with Gasteiger partial charge in [0.05, 0.1) is 41.3 Å². The summed E-state index contributed by atoms with van der Waals surface area (Å²) in [6, 6.07) is 3.02. The summed E-state index contributed by atoms with van der Waals surface area (Å²) in [5, 5.41) is 26.2. The number of ether oxygens (including phenoxy) is 1. The predicted molar refractivity (Wildman–Crippen MR) is 140 cm³/mol. The van der Waals surface area contributed by atoms with E-state index in [1.54, 1.807) is 6.20 Å². The largest absolute Gasteiger partial charge is 0.389 e. The second-order valence-electron chi connectivity index (χ2n) is 11.2. The summed E-state index contributed by atoms with van der Waals surface area (Å²) in [5.41, 5.74) is 1.99. The van der Waals surface area contributed by atoms with Gasteiger partial charge in [-0.15, -0.1) is 0 Å². The van der Waals surface area contributed by atoms with Crippen LogP contribution in [0.25, 0.3) is 22.2 Å². The molecular formula is C28H32ClFN4O3. The molecule has 0 amide bonds. The van der Waals surface area contributed by atoms with Crippen molar-refractivity contribution in [3.8, 4) is 11.3 Å². The third-order valence-corrected chi connectivity index (χ3v) is 8.76. The summed E-state index contributed by atoms with van der Waals surface area (Å²) in [5.74, 6) is 0.635. The SMILES string of the molecule is CC(C)c1c(C2(O)CC3CCC2C3)cnc2c(F)cc(-c3nc(N[C@@H]4CCOC[C@H]4O)ncc3Cl)cc12. The fraction of sp³-hybridized carbons (Fsp3) is 0.536. The molecule has 37 heavy (non-hydrogen) atoms. The Labute approximate surface area is 220 Å². The number of anilines is 1. The van der Waals surface area contributed by atoms with E-state index in [0.29, 0.717) is 46.6 Å². The molecule has 196 valence electrons. The number of pyridine rings is 1. The zero-order chi connectivity index (χ0) is 25.9. The maximum atomic E-state index is 15.5. The van der Waals surface area contributed by atoms with Crippen LogP contribution >= 0.6 is 11.6 Å². The van der Waals surface area contributed by atoms with Crippen LogP contribution in [0.15, 0.2) is 24.5 Å². The quantitative estimate of drug-likeness (QED) is 0.421. The third-order valence-electron chi connectivity index (χ3n) is 8.49. The molecule has 3 heterocycles. The van der Waals surface area contributed by atoms with Gasteiger partial charge in [-0.05, 0) is 67.6 Å². The average molecular weight is 527 g/mol. The fourth-order valence-corrected chi connectivity index (χ4v) is 6.91. The maximum absolute atomic E-state index is 15.5. The normalized spacial score (nSPS) is 29.4. The lowest BCUT2D eigenvalue weighted by molar-refractivity contribution is -0.0193. The fourth-order valence-electron chi connectivity index (χ4n) is 6.71. The van der Waals surface area contributed by atoms with E-state index in [4.69, 9.17) is 16.3 Å². The lowest BCUT2D eigenvalue weighted by atomic mass is 9.75. The number of benzene rings is 1. The van der Waals surface area contributed by atoms with Crippen molar-refractivity contribution in [1.82, 2.24) is 15.0 Å². The number of fused-ring (bicyclic) bond motifs is 3. The van der Waals surface area contributed by atoms with Crippen LogP contribution in [-0.2, 0) is 10.3 Å². The van der Waals surface area contributed by atoms with E-state index >= 15 is 4.39 Å². The van der Waals surface area contributed by atoms with Crippen LogP contribution in [0.5, 0.6) is 0 Å². The molecule has 1 aromatic carbocycles. The first-order valence-corrected chi connectivity index (χ1v) is 13.5. The summed E-state index contributed by atoms with van der Waals surface area (Å²) in [6.07, 6.45) is 7.06. The van der Waals surface area contributed by atoms with Gasteiger partial charge in [-0.3, -0.25) is 4.98 Å². The topological polar surface area (TPSA) is 100 Å². The van der Waals surface area contributed by atoms with E-state index in [9.17, 15) is 10.2 Å². The number of nitrogens with one attached hydrogen (secondary N) is 1. The monoisotopic (exact) mass is 526 g/mol. The molecule has 7 nitrogen and oxygen atoms in total. The van der Waals surface area contributed by atoms with Crippen LogP contribution in [0, 0.1) is 17.7 Å². The van der Waals surface area contributed by atoms with Crippen molar-refractivity contribution in [1.29, 1.82) is 0 Å². The molecule has 3 unspecified atom stereocenters. The second-order valence-corrected chi connectivity index (χ2v) is 11.6. The summed E-state index contributed by atoms with van der Waals surface area (Å²) in [4.78, 5) is 13.4. The Morgan fingerprint density at radius 1 is 1.19 bits per heavy atom. The van der Waals surface area contributed by atoms with Crippen molar-refractivity contribution in [3.05, 3.63) is 46.5 Å². The number of hydrogen-bond acceptors (Lipinski definition) is 7. The van der Waals surface area contributed by atoms with Gasteiger partial charge in [0.1, 0.15) is 11.3 Å². The molecule has 5 atom stereocenters. The molecule has 2 aromatic heterocycles. The first-order chi connectivity index (χ1) is 17.7. The molecule has 1 saturated heterocycles. The van der Waals surface area contributed by atoms with Crippen LogP contribution in [0.3, 0.4) is 0 Å². The predicted octanol–water partition coefficient (Wildman–Crippen LogP) is 5.18. The molecule has 2 saturated carbocycles. The van der Waals surface area contributed by atoms with Crippen molar-refractivity contribution in [3.63, 3.8) is 0 Å². The Balaban J connectivity index is 1.45. The first-order valence-electron chi connectivity index (χ1n) is 13.1. The minimum atomic E-state index is -0.926. The van der Waals surface area contributed by atoms with E-state index in [1.807, 2.05) is 6.07 Å². The summed E-state index contributed by atoms with van der Waals surface area (Å²) >= 11 is 6.51. The summed E-state index contributed by atoms with van der Waals surface area (Å²) in [6.45, 7) is 4.91. The molecule has 3 aromatic rings. The molecule has 2 bridgehead atoms. The van der Waals surface area contributed by atoms with Crippen molar-refractivity contribution in [2.24, 2.45) is 11.8 Å². The summed E-state index contributed by atoms with van der Waals surface area (Å²) < 4.78 is 20.8. The van der Waals surface area contributed by atoms with Crippen LogP contribution in [0.4, 0.5) is 10.3 Å². The minimum Gasteiger partial charge on any atom is -0.389 e. The number of rotatable bonds is 5. The standard InChI is InChI=1S/C28H32ClFN4O3/c1-14(2)24-18-8-16(25-20(29)12-32-27(34-25)33-22-5-6-37-13-23(22)35)9-21(30)26(18)31-11-19(24)28(36)10-15-3-4-17(28)7-15/h8-9,11-12,14-15,17,22-23,35-36H,3-7,10,13H2,1-2H3,(H,32,33,34)/t15?,17?,22-,23-,28?/m1/s1. The molecule has 1 aliphatic heterocycles. The highest BCUT2D eigenvalue weighted by Crippen LogP contribution is 2.57. The lowest BCUT2D eigenvalue weighted by Gasteiger charge is -2.35. The van der Waals surface area contributed by atoms with Crippen molar-refractivity contribution >= 4 is 28.5 Å². The summed E-state index contributed by atoms with van der Waals surface area (Å²) in [7, 11) is 0. The van der Waals surface area contributed by atoms with Gasteiger partial charge in [0.25, 0.3) is 0 Å². The number of nitrogens with zero attached hydrogens (tertiary/aromatic N) is 3. The van der Waals surface area contributed by atoms with Gasteiger partial charge in [-0.1, -0.05) is 25.4 Å². The molecule has 9 heteroatoms. The molecule has 6 rings (SSSR count). The van der Waals surface area contributed by atoms with E-state index in [-0.39, 0.29) is 30.0 Å². The highest BCUT2D eigenvalue weighted by molar-refractivity contribution is 6.33. The molecule has 3 aliphatic rings. The van der Waals surface area contributed by atoms with Gasteiger partial charge in [0.2, 0.25) is 5.95 Å². The molecule has 3 N–H and O–H groups in total. The lowest BCUT2D eigenvalue weighted by Crippen LogP contribution is -2.42. The zero-order valence-electron chi connectivity index (χ0n) is 21.0. The first kappa shape index (κ1) is 24.9. The molecule has 0 radical (unpaired) electrons. The van der Waals surface area contributed by atoms with Gasteiger partial charge >= 0.3 is 0 Å². The van der Waals surface area contributed by atoms with Crippen molar-refractivity contribution < 1.29 is 19.3 Å². The number of halogens is 2. The van der Waals surface area contributed by atoms with Crippen molar-refractivity contribution in [2.75, 3.05) is 18.5 Å². The second kappa shape index (κ2) is 9.42. The maximum Gasteiger partial charge on any atom is 0.223 e.